The predicted molar refractivity (Wildman–Crippen MR) is 92.3 cm³/mol. The minimum atomic E-state index is -4.50. The van der Waals surface area contributed by atoms with Gasteiger partial charge >= 0.3 is 6.18 Å². The van der Waals surface area contributed by atoms with Gasteiger partial charge in [0.05, 0.1) is 0 Å². The number of nitrogens with one attached hydrogen (secondary N) is 1. The van der Waals surface area contributed by atoms with Gasteiger partial charge in [-0.15, -0.1) is 0 Å². The van der Waals surface area contributed by atoms with Gasteiger partial charge in [0.2, 0.25) is 5.91 Å². The van der Waals surface area contributed by atoms with Crippen LogP contribution < -0.4 is 5.32 Å². The molecule has 1 aromatic carbocycles. The van der Waals surface area contributed by atoms with E-state index in [1.54, 1.807) is 0 Å². The third-order valence-corrected chi connectivity index (χ3v) is 5.59. The van der Waals surface area contributed by atoms with Gasteiger partial charge < -0.3 is 5.32 Å². The third-order valence-electron chi connectivity index (χ3n) is 5.59. The van der Waals surface area contributed by atoms with E-state index in [1.165, 1.54) is 0 Å². The van der Waals surface area contributed by atoms with E-state index < -0.39 is 29.5 Å². The van der Waals surface area contributed by atoms with Crippen molar-refractivity contribution in [3.63, 3.8) is 0 Å². The summed E-state index contributed by atoms with van der Waals surface area (Å²) in [6.45, 7) is 5.58. The molecule has 4 nitrogen and oxygen atoms in total. The van der Waals surface area contributed by atoms with Crippen molar-refractivity contribution in [3.8, 4) is 0 Å². The summed E-state index contributed by atoms with van der Waals surface area (Å²) in [7, 11) is 0. The Hall–Kier alpha value is -2.18. The minimum Gasteiger partial charge on any atom is -0.342 e. The number of carbonyl (C=O) groups excluding carboxylic acids is 3. The Bertz CT molecular complexity index is 801. The van der Waals surface area contributed by atoms with Crippen LogP contribution in [0.15, 0.2) is 12.1 Å². The van der Waals surface area contributed by atoms with Crippen LogP contribution in [0.25, 0.3) is 0 Å². The van der Waals surface area contributed by atoms with Gasteiger partial charge in [0.15, 0.2) is 5.78 Å². The molecule has 146 valence electrons. The maximum Gasteiger partial charge on any atom is 0.411 e. The molecule has 0 bridgehead atoms. The van der Waals surface area contributed by atoms with E-state index in [0.29, 0.717) is 5.56 Å². The Morgan fingerprint density at radius 3 is 2.19 bits per heavy atom. The van der Waals surface area contributed by atoms with Gasteiger partial charge in [0.1, 0.15) is 17.2 Å². The number of hydrogen-bond acceptors (Lipinski definition) is 3. The summed E-state index contributed by atoms with van der Waals surface area (Å²) in [5, 5.41) is 2.03. The Balaban J connectivity index is 1.75. The number of aryl methyl sites for hydroxylation is 3. The fourth-order valence-corrected chi connectivity index (χ4v) is 4.12. The number of carbonyl (C=O) groups is 3. The summed E-state index contributed by atoms with van der Waals surface area (Å²) in [5.74, 6) is -3.27. The first kappa shape index (κ1) is 19.6. The first-order chi connectivity index (χ1) is 12.4. The zero-order valence-corrected chi connectivity index (χ0v) is 15.5. The van der Waals surface area contributed by atoms with Crippen LogP contribution in [0, 0.1) is 26.7 Å². The van der Waals surface area contributed by atoms with Crippen molar-refractivity contribution in [1.82, 2.24) is 5.32 Å². The highest BCUT2D eigenvalue weighted by atomic mass is 19.4. The molecule has 0 radical (unpaired) electrons. The number of halogens is 3. The normalized spacial score (nSPS) is 24.2. The van der Waals surface area contributed by atoms with Crippen LogP contribution in [0.5, 0.6) is 0 Å². The van der Waals surface area contributed by atoms with Gasteiger partial charge in [0, 0.05) is 18.8 Å². The Morgan fingerprint density at radius 1 is 1.15 bits per heavy atom. The zero-order valence-electron chi connectivity index (χ0n) is 15.5. The number of ketones is 2. The molecule has 2 saturated carbocycles. The fourth-order valence-electron chi connectivity index (χ4n) is 4.12. The van der Waals surface area contributed by atoms with Crippen molar-refractivity contribution in [1.29, 1.82) is 0 Å². The second-order valence-corrected chi connectivity index (χ2v) is 7.85. The van der Waals surface area contributed by atoms with Crippen LogP contribution in [0.4, 0.5) is 13.2 Å². The lowest BCUT2D eigenvalue weighted by Crippen LogP contribution is -2.48. The van der Waals surface area contributed by atoms with Crippen LogP contribution in [-0.2, 0) is 14.4 Å². The molecule has 1 aromatic rings. The maximum atomic E-state index is 13.0. The number of amides is 1. The van der Waals surface area contributed by atoms with E-state index in [4.69, 9.17) is 0 Å². The Morgan fingerprint density at radius 2 is 1.70 bits per heavy atom. The molecule has 7 heteroatoms. The molecule has 2 aliphatic rings. The highest BCUT2D eigenvalue weighted by molar-refractivity contribution is 6.15. The molecule has 2 aliphatic carbocycles. The van der Waals surface area contributed by atoms with Gasteiger partial charge in [0.25, 0.3) is 0 Å². The Labute approximate surface area is 155 Å². The Kier molecular flexibility index (Phi) is 4.68. The maximum absolute atomic E-state index is 13.0. The molecule has 0 spiro atoms. The van der Waals surface area contributed by atoms with Crippen molar-refractivity contribution in [2.75, 3.05) is 0 Å². The highest BCUT2D eigenvalue weighted by Gasteiger charge is 2.64. The lowest BCUT2D eigenvalue weighted by molar-refractivity contribution is -0.170. The molecule has 0 aromatic heterocycles. The quantitative estimate of drug-likeness (QED) is 0.813. The van der Waals surface area contributed by atoms with Crippen molar-refractivity contribution in [2.24, 2.45) is 5.92 Å². The molecule has 1 amide bonds. The summed E-state index contributed by atoms with van der Waals surface area (Å²) >= 11 is 0. The van der Waals surface area contributed by atoms with Crippen LogP contribution in [0.2, 0.25) is 0 Å². The van der Waals surface area contributed by atoms with Gasteiger partial charge in [-0.1, -0.05) is 17.7 Å². The first-order valence-electron chi connectivity index (χ1n) is 8.97. The molecular formula is C20H22F3NO3. The molecular weight excluding hydrogens is 359 g/mol. The average molecular weight is 381 g/mol. The van der Waals surface area contributed by atoms with E-state index in [-0.39, 0.29) is 37.2 Å². The summed E-state index contributed by atoms with van der Waals surface area (Å²) < 4.78 is 38.9. The van der Waals surface area contributed by atoms with E-state index in [9.17, 15) is 27.6 Å². The van der Waals surface area contributed by atoms with E-state index >= 15 is 0 Å². The van der Waals surface area contributed by atoms with Gasteiger partial charge in [-0.2, -0.15) is 13.2 Å². The monoisotopic (exact) mass is 381 g/mol. The van der Waals surface area contributed by atoms with Crippen LogP contribution in [0.3, 0.4) is 0 Å². The molecule has 1 N–H and O–H groups in total. The number of Topliss-reactive ketones (excluding diaryl/α,β-unsaturated/α-hetero) is 2. The van der Waals surface area contributed by atoms with E-state index in [2.05, 4.69) is 0 Å². The van der Waals surface area contributed by atoms with Gasteiger partial charge in [-0.25, -0.2) is 0 Å². The van der Waals surface area contributed by atoms with Crippen molar-refractivity contribution in [3.05, 3.63) is 34.4 Å². The minimum absolute atomic E-state index is 0.108. The van der Waals surface area contributed by atoms with E-state index in [1.807, 2.05) is 38.2 Å². The number of hydrogen-bond donors (Lipinski definition) is 1. The number of alkyl halides is 3. The second kappa shape index (κ2) is 6.46. The smallest absolute Gasteiger partial charge is 0.342 e. The molecule has 27 heavy (non-hydrogen) atoms. The van der Waals surface area contributed by atoms with Crippen LogP contribution in [-0.4, -0.2) is 29.2 Å². The number of benzene rings is 1. The third kappa shape index (κ3) is 3.51. The SMILES string of the molecule is Cc1cc(C)c(C2C(=O)CC(CC(=O)NC3(C(F)(F)F)CC3)C2=O)c(C)c1. The second-order valence-electron chi connectivity index (χ2n) is 7.85. The summed E-state index contributed by atoms with van der Waals surface area (Å²) in [6.07, 6.45) is -5.29. The standard InChI is InChI=1S/C20H22F3NO3/c1-10-6-11(2)16(12(3)7-10)17-14(25)8-13(18(17)27)9-15(26)24-19(4-5-19)20(21,22)23/h6-7,13,17H,4-5,8-9H2,1-3H3,(H,24,26). The number of rotatable bonds is 4. The van der Waals surface area contributed by atoms with Gasteiger partial charge in [-0.05, 0) is 50.3 Å². The van der Waals surface area contributed by atoms with Crippen molar-refractivity contribution < 1.29 is 27.6 Å². The fraction of sp³-hybridized carbons (Fsp3) is 0.550. The van der Waals surface area contributed by atoms with Crippen LogP contribution in [0.1, 0.15) is 53.9 Å². The van der Waals surface area contributed by atoms with Gasteiger partial charge in [-0.3, -0.25) is 14.4 Å². The predicted octanol–water partition coefficient (Wildman–Crippen LogP) is 3.45. The van der Waals surface area contributed by atoms with Crippen LogP contribution >= 0.6 is 0 Å². The van der Waals surface area contributed by atoms with Crippen molar-refractivity contribution >= 4 is 17.5 Å². The average Bonchev–Trinajstić information content (AvgIpc) is 3.24. The molecule has 2 fully saturated rings. The molecule has 2 atom stereocenters. The van der Waals surface area contributed by atoms with E-state index in [0.717, 1.165) is 16.7 Å². The topological polar surface area (TPSA) is 63.2 Å². The highest BCUT2D eigenvalue weighted by Crippen LogP contribution is 2.49. The zero-order chi connectivity index (χ0) is 20.1. The molecule has 0 aliphatic heterocycles. The molecule has 0 heterocycles. The van der Waals surface area contributed by atoms with Crippen molar-refractivity contribution in [2.45, 2.75) is 64.1 Å². The molecule has 0 saturated heterocycles. The molecule has 2 unspecified atom stereocenters. The lowest BCUT2D eigenvalue weighted by atomic mass is 9.86. The summed E-state index contributed by atoms with van der Waals surface area (Å²) in [5.41, 5.74) is 1.19. The summed E-state index contributed by atoms with van der Waals surface area (Å²) in [4.78, 5) is 37.4. The molecule has 3 rings (SSSR count). The summed E-state index contributed by atoms with van der Waals surface area (Å²) in [6, 6.07) is 3.78. The lowest BCUT2D eigenvalue weighted by Gasteiger charge is -2.21. The largest absolute Gasteiger partial charge is 0.411 e. The first-order valence-corrected chi connectivity index (χ1v) is 8.97.